The number of hydrogen-bond donors (Lipinski definition) is 4. The fourth-order valence-corrected chi connectivity index (χ4v) is 2.17. The molecule has 0 aromatic carbocycles. The second-order valence-corrected chi connectivity index (χ2v) is 5.39. The molecule has 5 N–H and O–H groups in total. The number of anilines is 2. The molecular weight excluding hydrogens is 254 g/mol. The predicted octanol–water partition coefficient (Wildman–Crippen LogP) is 1.91. The van der Waals surface area contributed by atoms with Crippen LogP contribution >= 0.6 is 0 Å². The Bertz CT molecular complexity index is 434. The summed E-state index contributed by atoms with van der Waals surface area (Å²) >= 11 is 0. The molecule has 0 bridgehead atoms. The topological polar surface area (TPSA) is 96.1 Å². The van der Waals surface area contributed by atoms with Crippen LogP contribution in [-0.2, 0) is 0 Å². The summed E-state index contributed by atoms with van der Waals surface area (Å²) in [5.74, 6) is 8.53. The van der Waals surface area contributed by atoms with Gasteiger partial charge in [0.25, 0.3) is 0 Å². The van der Waals surface area contributed by atoms with E-state index in [1.807, 2.05) is 6.92 Å². The molecule has 1 fully saturated rings. The predicted molar refractivity (Wildman–Crippen MR) is 80.6 cm³/mol. The molecule has 0 amide bonds. The number of nitrogens with zero attached hydrogens (tertiary/aromatic N) is 2. The van der Waals surface area contributed by atoms with Crippen LogP contribution in [-0.4, -0.2) is 28.2 Å². The molecule has 20 heavy (non-hydrogen) atoms. The quantitative estimate of drug-likeness (QED) is 0.313. The molecule has 0 radical (unpaired) electrons. The number of nitrogens with one attached hydrogen (secondary N) is 2. The van der Waals surface area contributed by atoms with Gasteiger partial charge in [-0.25, -0.2) is 15.8 Å². The number of aliphatic hydroxyl groups excluding tert-OH is 1. The van der Waals surface area contributed by atoms with Gasteiger partial charge in [-0.05, 0) is 32.6 Å². The largest absolute Gasteiger partial charge is 0.396 e. The molecule has 1 heterocycles. The van der Waals surface area contributed by atoms with Gasteiger partial charge in [0, 0.05) is 24.6 Å². The smallest absolute Gasteiger partial charge is 0.148 e. The van der Waals surface area contributed by atoms with Crippen LogP contribution < -0.4 is 16.6 Å². The molecule has 0 aliphatic heterocycles. The zero-order chi connectivity index (χ0) is 14.4. The minimum Gasteiger partial charge on any atom is -0.396 e. The van der Waals surface area contributed by atoms with Gasteiger partial charge in [0.1, 0.15) is 17.5 Å². The molecule has 1 aromatic heterocycles. The normalized spacial score (nSPS) is 14.3. The Kier molecular flexibility index (Phi) is 5.55. The van der Waals surface area contributed by atoms with Crippen molar-refractivity contribution >= 4 is 11.6 Å². The van der Waals surface area contributed by atoms with Crippen LogP contribution in [0.5, 0.6) is 0 Å². The van der Waals surface area contributed by atoms with E-state index in [4.69, 9.17) is 10.9 Å². The van der Waals surface area contributed by atoms with Gasteiger partial charge in [-0.3, -0.25) is 0 Å². The van der Waals surface area contributed by atoms with Crippen molar-refractivity contribution in [1.82, 2.24) is 9.97 Å². The maximum Gasteiger partial charge on any atom is 0.148 e. The highest BCUT2D eigenvalue weighted by Crippen LogP contribution is 2.39. The third kappa shape index (κ3) is 4.05. The van der Waals surface area contributed by atoms with Crippen LogP contribution in [0.15, 0.2) is 0 Å². The van der Waals surface area contributed by atoms with Crippen LogP contribution in [0.3, 0.4) is 0 Å². The van der Waals surface area contributed by atoms with Crippen LogP contribution in [0, 0.1) is 6.92 Å². The third-order valence-corrected chi connectivity index (χ3v) is 3.62. The van der Waals surface area contributed by atoms with Crippen molar-refractivity contribution in [3.63, 3.8) is 0 Å². The van der Waals surface area contributed by atoms with E-state index in [1.165, 1.54) is 12.8 Å². The van der Waals surface area contributed by atoms with Crippen molar-refractivity contribution in [2.24, 2.45) is 5.84 Å². The maximum absolute atomic E-state index is 8.73. The van der Waals surface area contributed by atoms with E-state index < -0.39 is 0 Å². The maximum atomic E-state index is 8.73. The first-order chi connectivity index (χ1) is 9.76. The first-order valence-corrected chi connectivity index (χ1v) is 7.46. The molecular formula is C14H25N5O. The highest BCUT2D eigenvalue weighted by Gasteiger charge is 2.28. The summed E-state index contributed by atoms with van der Waals surface area (Å²) < 4.78 is 0. The summed E-state index contributed by atoms with van der Waals surface area (Å²) in [7, 11) is 0. The van der Waals surface area contributed by atoms with Crippen LogP contribution in [0.4, 0.5) is 11.6 Å². The zero-order valence-corrected chi connectivity index (χ0v) is 12.2. The first kappa shape index (κ1) is 15.0. The number of nitrogen functional groups attached to an aromatic ring is 1. The molecule has 1 saturated carbocycles. The molecule has 6 nitrogen and oxygen atoms in total. The van der Waals surface area contributed by atoms with E-state index in [-0.39, 0.29) is 6.61 Å². The number of hydrogen-bond acceptors (Lipinski definition) is 6. The van der Waals surface area contributed by atoms with Crippen molar-refractivity contribution in [2.45, 2.75) is 51.4 Å². The van der Waals surface area contributed by atoms with E-state index >= 15 is 0 Å². The minimum absolute atomic E-state index is 0.286. The Morgan fingerprint density at radius 2 is 1.85 bits per heavy atom. The summed E-state index contributed by atoms with van der Waals surface area (Å²) in [4.78, 5) is 9.09. The van der Waals surface area contributed by atoms with Crippen molar-refractivity contribution in [1.29, 1.82) is 0 Å². The van der Waals surface area contributed by atoms with Crippen molar-refractivity contribution in [3.8, 4) is 0 Å². The summed E-state index contributed by atoms with van der Waals surface area (Å²) in [5, 5.41) is 12.1. The van der Waals surface area contributed by atoms with E-state index in [9.17, 15) is 0 Å². The van der Waals surface area contributed by atoms with Crippen LogP contribution in [0.2, 0.25) is 0 Å². The van der Waals surface area contributed by atoms with Crippen molar-refractivity contribution in [2.75, 3.05) is 23.9 Å². The molecule has 112 valence electrons. The molecule has 1 aliphatic rings. The SMILES string of the molecule is Cc1c(NN)nc(C2CC2)nc1NCCCCCCO. The van der Waals surface area contributed by atoms with Crippen molar-refractivity contribution in [3.05, 3.63) is 11.4 Å². The molecule has 0 atom stereocenters. The number of hydrazine groups is 1. The second kappa shape index (κ2) is 7.40. The molecule has 0 saturated heterocycles. The van der Waals surface area contributed by atoms with Gasteiger partial charge in [-0.15, -0.1) is 0 Å². The summed E-state index contributed by atoms with van der Waals surface area (Å²) in [6.07, 6.45) is 6.51. The van der Waals surface area contributed by atoms with Gasteiger partial charge in [0.05, 0.1) is 0 Å². The molecule has 1 aliphatic carbocycles. The first-order valence-electron chi connectivity index (χ1n) is 7.46. The third-order valence-electron chi connectivity index (χ3n) is 3.62. The summed E-state index contributed by atoms with van der Waals surface area (Å²) in [5.41, 5.74) is 3.62. The minimum atomic E-state index is 0.286. The van der Waals surface area contributed by atoms with Crippen LogP contribution in [0.1, 0.15) is 55.8 Å². The molecule has 0 spiro atoms. The highest BCUT2D eigenvalue weighted by molar-refractivity contribution is 5.57. The number of unbranched alkanes of at least 4 members (excludes halogenated alkanes) is 3. The average Bonchev–Trinajstić information content (AvgIpc) is 3.29. The number of aliphatic hydroxyl groups is 1. The Labute approximate surface area is 120 Å². The molecule has 1 aromatic rings. The molecule has 0 unspecified atom stereocenters. The van der Waals surface area contributed by atoms with E-state index in [0.29, 0.717) is 11.7 Å². The van der Waals surface area contributed by atoms with Crippen LogP contribution in [0.25, 0.3) is 0 Å². The van der Waals surface area contributed by atoms with E-state index in [1.54, 1.807) is 0 Å². The lowest BCUT2D eigenvalue weighted by molar-refractivity contribution is 0.283. The second-order valence-electron chi connectivity index (χ2n) is 5.39. The highest BCUT2D eigenvalue weighted by atomic mass is 16.2. The lowest BCUT2D eigenvalue weighted by atomic mass is 10.2. The fourth-order valence-electron chi connectivity index (χ4n) is 2.17. The van der Waals surface area contributed by atoms with Crippen molar-refractivity contribution < 1.29 is 5.11 Å². The monoisotopic (exact) mass is 279 g/mol. The van der Waals surface area contributed by atoms with E-state index in [0.717, 1.165) is 49.4 Å². The number of rotatable bonds is 9. The van der Waals surface area contributed by atoms with Gasteiger partial charge in [0.15, 0.2) is 0 Å². The number of nitrogens with two attached hydrogens (primary N) is 1. The van der Waals surface area contributed by atoms with Gasteiger partial charge >= 0.3 is 0 Å². The average molecular weight is 279 g/mol. The van der Waals surface area contributed by atoms with E-state index in [2.05, 4.69) is 20.7 Å². The Morgan fingerprint density at radius 1 is 1.15 bits per heavy atom. The van der Waals surface area contributed by atoms with Gasteiger partial charge in [0.2, 0.25) is 0 Å². The Balaban J connectivity index is 1.90. The number of aromatic nitrogens is 2. The fraction of sp³-hybridized carbons (Fsp3) is 0.714. The van der Waals surface area contributed by atoms with Gasteiger partial charge in [-0.2, -0.15) is 0 Å². The Morgan fingerprint density at radius 3 is 2.50 bits per heavy atom. The zero-order valence-electron chi connectivity index (χ0n) is 12.2. The van der Waals surface area contributed by atoms with Gasteiger partial charge in [-0.1, -0.05) is 12.8 Å². The van der Waals surface area contributed by atoms with Gasteiger partial charge < -0.3 is 15.8 Å². The molecule has 2 rings (SSSR count). The Hall–Kier alpha value is -1.40. The summed E-state index contributed by atoms with van der Waals surface area (Å²) in [6, 6.07) is 0. The summed E-state index contributed by atoms with van der Waals surface area (Å²) in [6.45, 7) is 3.14. The lowest BCUT2D eigenvalue weighted by Gasteiger charge is -2.13. The lowest BCUT2D eigenvalue weighted by Crippen LogP contribution is -2.15. The molecule has 6 heteroatoms. The standard InChI is InChI=1S/C14H25N5O/c1-10-12(16-8-4-2-3-5-9-20)17-14(11-6-7-11)18-13(10)19-15/h11,20H,2-9,15H2,1H3,(H2,16,17,18,19).